The Morgan fingerprint density at radius 2 is 0.870 bits per heavy atom. The Kier molecular flexibility index (Phi) is 36.6. The van der Waals surface area contributed by atoms with E-state index in [0.29, 0.717) is 12.8 Å². The molecule has 0 saturated heterocycles. The van der Waals surface area contributed by atoms with Gasteiger partial charge in [-0.25, -0.2) is 0 Å². The smallest absolute Gasteiger partial charge is 0.306 e. The quantitative estimate of drug-likeness (QED) is 0.0414. The number of allylic oxidation sites excluding steroid dienone is 4. The van der Waals surface area contributed by atoms with Crippen molar-refractivity contribution in [3.63, 3.8) is 0 Å². The average molecular weight is 647 g/mol. The second-order valence-corrected chi connectivity index (χ2v) is 13.8. The van der Waals surface area contributed by atoms with Crippen LogP contribution in [-0.2, 0) is 14.3 Å². The zero-order valence-electron chi connectivity index (χ0n) is 30.9. The highest BCUT2D eigenvalue weighted by Gasteiger charge is 2.16. The van der Waals surface area contributed by atoms with Crippen molar-refractivity contribution in [1.29, 1.82) is 0 Å². The monoisotopic (exact) mass is 647 g/mol. The lowest BCUT2D eigenvalue weighted by Crippen LogP contribution is -2.19. The fourth-order valence-electron chi connectivity index (χ4n) is 6.15. The van der Waals surface area contributed by atoms with Crippen molar-refractivity contribution in [3.8, 4) is 0 Å². The van der Waals surface area contributed by atoms with Crippen molar-refractivity contribution >= 4 is 11.9 Å². The van der Waals surface area contributed by atoms with Gasteiger partial charge in [-0.1, -0.05) is 179 Å². The lowest BCUT2D eigenvalue weighted by atomic mass is 10.0. The predicted molar refractivity (Wildman–Crippen MR) is 200 cm³/mol. The fraction of sp³-hybridized carbons (Fsp3) is 0.857. The Hall–Kier alpha value is -1.58. The van der Waals surface area contributed by atoms with Crippen molar-refractivity contribution in [3.05, 3.63) is 24.3 Å². The van der Waals surface area contributed by atoms with Crippen LogP contribution in [0.2, 0.25) is 0 Å². The van der Waals surface area contributed by atoms with Crippen LogP contribution >= 0.6 is 0 Å². The summed E-state index contributed by atoms with van der Waals surface area (Å²) in [5.41, 5.74) is 0. The summed E-state index contributed by atoms with van der Waals surface area (Å²) in [6.07, 6.45) is 47.7. The first-order valence-corrected chi connectivity index (χ1v) is 20.3. The van der Waals surface area contributed by atoms with Crippen LogP contribution in [0.25, 0.3) is 0 Å². The molecule has 0 aliphatic rings. The van der Waals surface area contributed by atoms with Crippen LogP contribution in [0.3, 0.4) is 0 Å². The van der Waals surface area contributed by atoms with Crippen LogP contribution in [0.15, 0.2) is 24.3 Å². The highest BCUT2D eigenvalue weighted by molar-refractivity contribution is 5.69. The molecule has 1 N–H and O–H groups in total. The van der Waals surface area contributed by atoms with E-state index in [4.69, 9.17) is 9.84 Å². The molecule has 0 saturated carbocycles. The zero-order chi connectivity index (χ0) is 33.6. The molecular weight excluding hydrogens is 568 g/mol. The third kappa shape index (κ3) is 36.9. The lowest BCUT2D eigenvalue weighted by molar-refractivity contribution is -0.151. The Morgan fingerprint density at radius 3 is 1.35 bits per heavy atom. The minimum Gasteiger partial charge on any atom is -0.481 e. The van der Waals surface area contributed by atoms with E-state index in [1.54, 1.807) is 0 Å². The van der Waals surface area contributed by atoms with Crippen LogP contribution in [0.4, 0.5) is 0 Å². The van der Waals surface area contributed by atoms with Gasteiger partial charge >= 0.3 is 11.9 Å². The summed E-state index contributed by atoms with van der Waals surface area (Å²) in [6, 6.07) is 0. The SMILES string of the molecule is CCCCC/C=C\C/C=C\CCCCCCCCCCCC(=O)OC(CCCCCCCCCCCCCCCC)CCC(=O)O. The number of rotatable bonds is 37. The Labute approximate surface area is 287 Å². The van der Waals surface area contributed by atoms with Crippen molar-refractivity contribution in [2.45, 2.75) is 232 Å². The van der Waals surface area contributed by atoms with E-state index in [2.05, 4.69) is 38.2 Å². The summed E-state index contributed by atoms with van der Waals surface area (Å²) < 4.78 is 5.74. The first-order valence-electron chi connectivity index (χ1n) is 20.3. The predicted octanol–water partition coefficient (Wildman–Crippen LogP) is 14.0. The first kappa shape index (κ1) is 44.4. The van der Waals surface area contributed by atoms with Crippen LogP contribution in [0, 0.1) is 0 Å². The number of unbranched alkanes of at least 4 members (excludes halogenated alkanes) is 25. The summed E-state index contributed by atoms with van der Waals surface area (Å²) in [6.45, 7) is 4.52. The number of carboxylic acids is 1. The third-order valence-electron chi connectivity index (χ3n) is 9.19. The van der Waals surface area contributed by atoms with Gasteiger partial charge in [0.05, 0.1) is 0 Å². The molecule has 1 atom stereocenters. The Morgan fingerprint density at radius 1 is 0.478 bits per heavy atom. The maximum atomic E-state index is 12.5. The van der Waals surface area contributed by atoms with Gasteiger partial charge in [0.1, 0.15) is 6.10 Å². The first-order chi connectivity index (χ1) is 22.6. The fourth-order valence-corrected chi connectivity index (χ4v) is 6.15. The van der Waals surface area contributed by atoms with Gasteiger partial charge < -0.3 is 9.84 Å². The number of hydrogen-bond donors (Lipinski definition) is 1. The number of ether oxygens (including phenoxy) is 1. The van der Waals surface area contributed by atoms with Crippen molar-refractivity contribution in [2.75, 3.05) is 0 Å². The van der Waals surface area contributed by atoms with Crippen molar-refractivity contribution in [2.24, 2.45) is 0 Å². The van der Waals surface area contributed by atoms with Crippen molar-refractivity contribution < 1.29 is 19.4 Å². The molecule has 4 nitrogen and oxygen atoms in total. The highest BCUT2D eigenvalue weighted by Crippen LogP contribution is 2.18. The lowest BCUT2D eigenvalue weighted by Gasteiger charge is -2.17. The van der Waals surface area contributed by atoms with E-state index in [1.807, 2.05) is 0 Å². The maximum absolute atomic E-state index is 12.5. The second-order valence-electron chi connectivity index (χ2n) is 13.8. The molecule has 0 fully saturated rings. The van der Waals surface area contributed by atoms with Crippen LogP contribution in [0.5, 0.6) is 0 Å². The van der Waals surface area contributed by atoms with Crippen molar-refractivity contribution in [1.82, 2.24) is 0 Å². The van der Waals surface area contributed by atoms with E-state index in [0.717, 1.165) is 38.5 Å². The summed E-state index contributed by atoms with van der Waals surface area (Å²) in [4.78, 5) is 23.6. The molecule has 0 bridgehead atoms. The van der Waals surface area contributed by atoms with Gasteiger partial charge in [-0.05, 0) is 57.8 Å². The minimum atomic E-state index is -0.810. The molecule has 0 aromatic carbocycles. The number of esters is 1. The second kappa shape index (κ2) is 37.9. The molecule has 0 radical (unpaired) electrons. The maximum Gasteiger partial charge on any atom is 0.306 e. The molecule has 0 aliphatic heterocycles. The topological polar surface area (TPSA) is 63.6 Å². The Bertz CT molecular complexity index is 698. The van der Waals surface area contributed by atoms with E-state index < -0.39 is 5.97 Å². The van der Waals surface area contributed by atoms with Crippen LogP contribution in [-0.4, -0.2) is 23.1 Å². The van der Waals surface area contributed by atoms with Crippen LogP contribution < -0.4 is 0 Å². The summed E-state index contributed by atoms with van der Waals surface area (Å²) in [5.74, 6) is -0.951. The molecule has 270 valence electrons. The van der Waals surface area contributed by atoms with Crippen LogP contribution in [0.1, 0.15) is 226 Å². The van der Waals surface area contributed by atoms with Gasteiger partial charge in [0.25, 0.3) is 0 Å². The molecule has 1 unspecified atom stereocenters. The summed E-state index contributed by atoms with van der Waals surface area (Å²) >= 11 is 0. The standard InChI is InChI=1S/C42H78O4/c1-3-5-7-9-11-13-15-17-19-20-21-22-23-25-27-29-31-33-35-37-42(45)46-40(38-39-41(43)44)36-34-32-30-28-26-24-18-16-14-12-10-8-6-4-2/h11,13,17,19,40H,3-10,12,14-16,18,20-39H2,1-2H3,(H,43,44)/b13-11-,19-17-. The third-order valence-corrected chi connectivity index (χ3v) is 9.19. The molecule has 0 aromatic heterocycles. The number of aliphatic carboxylic acids is 1. The number of carboxylic acid groups (broad SMARTS) is 1. The van der Waals surface area contributed by atoms with E-state index in [1.165, 1.54) is 154 Å². The molecule has 4 heteroatoms. The van der Waals surface area contributed by atoms with Gasteiger partial charge in [-0.15, -0.1) is 0 Å². The largest absolute Gasteiger partial charge is 0.481 e. The van der Waals surface area contributed by atoms with E-state index >= 15 is 0 Å². The molecule has 0 aromatic rings. The zero-order valence-corrected chi connectivity index (χ0v) is 30.9. The number of hydrogen-bond acceptors (Lipinski definition) is 3. The molecule has 0 amide bonds. The molecule has 0 aliphatic carbocycles. The van der Waals surface area contributed by atoms with Gasteiger partial charge in [0.2, 0.25) is 0 Å². The molecule has 0 heterocycles. The van der Waals surface area contributed by atoms with E-state index in [9.17, 15) is 9.59 Å². The highest BCUT2D eigenvalue weighted by atomic mass is 16.5. The molecule has 0 rings (SSSR count). The molecular formula is C42H78O4. The molecule has 46 heavy (non-hydrogen) atoms. The van der Waals surface area contributed by atoms with Gasteiger partial charge in [-0.2, -0.15) is 0 Å². The minimum absolute atomic E-state index is 0.0735. The number of carbonyl (C=O) groups excluding carboxylic acids is 1. The van der Waals surface area contributed by atoms with Gasteiger partial charge in [0.15, 0.2) is 0 Å². The van der Waals surface area contributed by atoms with E-state index in [-0.39, 0.29) is 18.5 Å². The summed E-state index contributed by atoms with van der Waals surface area (Å²) in [7, 11) is 0. The normalized spacial score (nSPS) is 12.4. The van der Waals surface area contributed by atoms with Gasteiger partial charge in [0, 0.05) is 12.8 Å². The molecule has 0 spiro atoms. The number of carbonyl (C=O) groups is 2. The average Bonchev–Trinajstić information content (AvgIpc) is 3.04. The van der Waals surface area contributed by atoms with Gasteiger partial charge in [-0.3, -0.25) is 9.59 Å². The summed E-state index contributed by atoms with van der Waals surface area (Å²) in [5, 5.41) is 9.12. The Balaban J connectivity index is 3.70.